The second-order valence-corrected chi connectivity index (χ2v) is 5.73. The zero-order chi connectivity index (χ0) is 18.9. The molecule has 0 aliphatic carbocycles. The summed E-state index contributed by atoms with van der Waals surface area (Å²) in [4.78, 5) is 35.0. The molecular formula is C18H17ClN2O5. The van der Waals surface area contributed by atoms with E-state index in [-0.39, 0.29) is 30.8 Å². The average Bonchev–Trinajstić information content (AvgIpc) is 3.14. The summed E-state index contributed by atoms with van der Waals surface area (Å²) in [7, 11) is 0. The van der Waals surface area contributed by atoms with E-state index in [0.29, 0.717) is 10.6 Å². The largest absolute Gasteiger partial charge is 0.481 e. The van der Waals surface area contributed by atoms with Crippen LogP contribution in [0.1, 0.15) is 29.0 Å². The second kappa shape index (κ2) is 9.43. The Labute approximate surface area is 154 Å². The Balaban J connectivity index is 2.12. The summed E-state index contributed by atoms with van der Waals surface area (Å²) in [6.45, 7) is 0.166. The van der Waals surface area contributed by atoms with Crippen molar-refractivity contribution in [1.82, 2.24) is 10.6 Å². The first-order valence-electron chi connectivity index (χ1n) is 7.78. The summed E-state index contributed by atoms with van der Waals surface area (Å²) in [5, 5.41) is 14.2. The normalized spacial score (nSPS) is 11.0. The number of carboxylic acids is 1. The van der Waals surface area contributed by atoms with Crippen LogP contribution in [0.4, 0.5) is 0 Å². The zero-order valence-corrected chi connectivity index (χ0v) is 14.5. The summed E-state index contributed by atoms with van der Waals surface area (Å²) in [5.74, 6) is -1.99. The molecule has 2 amide bonds. The van der Waals surface area contributed by atoms with Gasteiger partial charge in [0.05, 0.1) is 6.26 Å². The lowest BCUT2D eigenvalue weighted by molar-refractivity contribution is -0.137. The molecule has 0 aliphatic rings. The van der Waals surface area contributed by atoms with Crippen molar-refractivity contribution in [2.45, 2.75) is 12.8 Å². The molecule has 0 bridgehead atoms. The molecule has 1 aromatic carbocycles. The molecule has 7 nitrogen and oxygen atoms in total. The molecule has 0 spiro atoms. The van der Waals surface area contributed by atoms with Gasteiger partial charge in [0.25, 0.3) is 11.8 Å². The molecule has 136 valence electrons. The molecule has 1 aromatic heterocycles. The van der Waals surface area contributed by atoms with Crippen LogP contribution in [0, 0.1) is 0 Å². The van der Waals surface area contributed by atoms with Crippen molar-refractivity contribution in [3.8, 4) is 0 Å². The SMILES string of the molecule is O=C(O)CCCNC(=O)/C(=C\c1ccc(Cl)cc1)NC(=O)c1ccco1. The third-order valence-corrected chi connectivity index (χ3v) is 3.52. The number of benzene rings is 1. The van der Waals surface area contributed by atoms with Gasteiger partial charge in [-0.1, -0.05) is 23.7 Å². The number of aliphatic carboxylic acids is 1. The number of nitrogens with one attached hydrogen (secondary N) is 2. The Morgan fingerprint density at radius 1 is 1.15 bits per heavy atom. The van der Waals surface area contributed by atoms with E-state index in [1.165, 1.54) is 18.4 Å². The molecule has 0 saturated heterocycles. The first kappa shape index (κ1) is 19.3. The topological polar surface area (TPSA) is 109 Å². The number of carbonyl (C=O) groups is 3. The molecular weight excluding hydrogens is 360 g/mol. The lowest BCUT2D eigenvalue weighted by Gasteiger charge is -2.10. The maximum atomic E-state index is 12.4. The molecule has 2 rings (SSSR count). The number of amides is 2. The summed E-state index contributed by atoms with van der Waals surface area (Å²) in [6, 6.07) is 9.73. The van der Waals surface area contributed by atoms with Crippen molar-refractivity contribution in [3.63, 3.8) is 0 Å². The number of hydrogen-bond acceptors (Lipinski definition) is 4. The van der Waals surface area contributed by atoms with Crippen molar-refractivity contribution in [3.05, 3.63) is 64.7 Å². The van der Waals surface area contributed by atoms with Gasteiger partial charge in [-0.05, 0) is 42.3 Å². The number of furan rings is 1. The molecule has 26 heavy (non-hydrogen) atoms. The minimum absolute atomic E-state index is 0.00375. The predicted molar refractivity (Wildman–Crippen MR) is 95.5 cm³/mol. The second-order valence-electron chi connectivity index (χ2n) is 5.29. The lowest BCUT2D eigenvalue weighted by Crippen LogP contribution is -2.35. The van der Waals surface area contributed by atoms with Gasteiger partial charge in [-0.25, -0.2) is 0 Å². The van der Waals surface area contributed by atoms with E-state index in [1.54, 1.807) is 30.3 Å². The Morgan fingerprint density at radius 2 is 1.88 bits per heavy atom. The average molecular weight is 377 g/mol. The molecule has 3 N–H and O–H groups in total. The van der Waals surface area contributed by atoms with E-state index in [2.05, 4.69) is 10.6 Å². The number of hydrogen-bond donors (Lipinski definition) is 3. The van der Waals surface area contributed by atoms with Gasteiger partial charge in [0.2, 0.25) is 0 Å². The van der Waals surface area contributed by atoms with E-state index in [1.807, 2.05) is 0 Å². The first-order valence-corrected chi connectivity index (χ1v) is 8.15. The van der Waals surface area contributed by atoms with Gasteiger partial charge in [0.15, 0.2) is 5.76 Å². The van der Waals surface area contributed by atoms with Gasteiger partial charge in [0, 0.05) is 18.0 Å². The standard InChI is InChI=1S/C18H17ClN2O5/c19-13-7-5-12(6-8-13)11-14(17(24)20-9-1-4-16(22)23)21-18(25)15-3-2-10-26-15/h2-3,5-8,10-11H,1,4,9H2,(H,20,24)(H,21,25)(H,22,23)/b14-11+. The van der Waals surface area contributed by atoms with Crippen LogP contribution in [0.25, 0.3) is 6.08 Å². The third kappa shape index (κ3) is 6.10. The highest BCUT2D eigenvalue weighted by Gasteiger charge is 2.16. The molecule has 0 unspecified atom stereocenters. The minimum Gasteiger partial charge on any atom is -0.481 e. The Bertz CT molecular complexity index is 797. The fourth-order valence-electron chi connectivity index (χ4n) is 2.01. The minimum atomic E-state index is -0.942. The highest BCUT2D eigenvalue weighted by molar-refractivity contribution is 6.30. The number of carboxylic acid groups (broad SMARTS) is 1. The summed E-state index contributed by atoms with van der Waals surface area (Å²) < 4.78 is 5.01. The molecule has 0 atom stereocenters. The van der Waals surface area contributed by atoms with Crippen molar-refractivity contribution in [1.29, 1.82) is 0 Å². The van der Waals surface area contributed by atoms with Gasteiger partial charge in [-0.2, -0.15) is 0 Å². The fraction of sp³-hybridized carbons (Fsp3) is 0.167. The molecule has 0 fully saturated rings. The number of halogens is 1. The molecule has 0 saturated carbocycles. The van der Waals surface area contributed by atoms with Gasteiger partial charge >= 0.3 is 5.97 Å². The van der Waals surface area contributed by atoms with Crippen LogP contribution in [0.2, 0.25) is 5.02 Å². The van der Waals surface area contributed by atoms with Crippen LogP contribution >= 0.6 is 11.6 Å². The Hall–Kier alpha value is -3.06. The van der Waals surface area contributed by atoms with Gasteiger partial charge < -0.3 is 20.2 Å². The number of carbonyl (C=O) groups excluding carboxylic acids is 2. The summed E-state index contributed by atoms with van der Waals surface area (Å²) in [6.07, 6.45) is 3.06. The highest BCUT2D eigenvalue weighted by atomic mass is 35.5. The summed E-state index contributed by atoms with van der Waals surface area (Å²) in [5.41, 5.74) is 0.661. The van der Waals surface area contributed by atoms with E-state index < -0.39 is 17.8 Å². The maximum absolute atomic E-state index is 12.4. The number of rotatable bonds is 8. The molecule has 1 heterocycles. The monoisotopic (exact) mass is 376 g/mol. The first-order chi connectivity index (χ1) is 12.5. The van der Waals surface area contributed by atoms with Crippen LogP contribution in [0.3, 0.4) is 0 Å². The van der Waals surface area contributed by atoms with E-state index in [9.17, 15) is 14.4 Å². The van der Waals surface area contributed by atoms with Gasteiger partial charge in [-0.15, -0.1) is 0 Å². The molecule has 2 aromatic rings. The summed E-state index contributed by atoms with van der Waals surface area (Å²) >= 11 is 5.84. The third-order valence-electron chi connectivity index (χ3n) is 3.27. The zero-order valence-electron chi connectivity index (χ0n) is 13.7. The van der Waals surface area contributed by atoms with Crippen molar-refractivity contribution in [2.24, 2.45) is 0 Å². The van der Waals surface area contributed by atoms with E-state index in [4.69, 9.17) is 21.1 Å². The van der Waals surface area contributed by atoms with Crippen molar-refractivity contribution in [2.75, 3.05) is 6.54 Å². The Morgan fingerprint density at radius 3 is 2.50 bits per heavy atom. The van der Waals surface area contributed by atoms with E-state index >= 15 is 0 Å². The van der Waals surface area contributed by atoms with Gasteiger partial charge in [-0.3, -0.25) is 14.4 Å². The smallest absolute Gasteiger partial charge is 0.303 e. The fourth-order valence-corrected chi connectivity index (χ4v) is 2.14. The van der Waals surface area contributed by atoms with Crippen molar-refractivity contribution >= 4 is 35.5 Å². The van der Waals surface area contributed by atoms with Crippen molar-refractivity contribution < 1.29 is 23.9 Å². The highest BCUT2D eigenvalue weighted by Crippen LogP contribution is 2.12. The van der Waals surface area contributed by atoms with E-state index in [0.717, 1.165) is 0 Å². The van der Waals surface area contributed by atoms with Crippen LogP contribution < -0.4 is 10.6 Å². The molecule has 0 radical (unpaired) electrons. The van der Waals surface area contributed by atoms with Gasteiger partial charge in [0.1, 0.15) is 5.70 Å². The molecule has 8 heteroatoms. The van der Waals surface area contributed by atoms with Crippen LogP contribution in [-0.4, -0.2) is 29.4 Å². The quantitative estimate of drug-likeness (QED) is 0.485. The van der Waals surface area contributed by atoms with Crippen LogP contribution in [-0.2, 0) is 9.59 Å². The lowest BCUT2D eigenvalue weighted by atomic mass is 10.2. The molecule has 0 aliphatic heterocycles. The maximum Gasteiger partial charge on any atom is 0.303 e. The predicted octanol–water partition coefficient (Wildman–Crippen LogP) is 2.68. The van der Waals surface area contributed by atoms with Crippen LogP contribution in [0.5, 0.6) is 0 Å². The Kier molecular flexibility index (Phi) is 6.99. The van der Waals surface area contributed by atoms with Crippen LogP contribution in [0.15, 0.2) is 52.8 Å².